The van der Waals surface area contributed by atoms with Crippen LogP contribution in [0.15, 0.2) is 18.3 Å². The maximum absolute atomic E-state index is 12.2. The molecule has 0 aliphatic heterocycles. The first-order valence-corrected chi connectivity index (χ1v) is 6.71. The second-order valence-corrected chi connectivity index (χ2v) is 5.42. The summed E-state index contributed by atoms with van der Waals surface area (Å²) < 4.78 is 1.96. The second-order valence-electron chi connectivity index (χ2n) is 5.42. The fourth-order valence-corrected chi connectivity index (χ4v) is 2.30. The van der Waals surface area contributed by atoms with Gasteiger partial charge in [0.1, 0.15) is 11.7 Å². The highest BCUT2D eigenvalue weighted by atomic mass is 16.4. The molecular formula is C14H20N2O3. The molecule has 1 saturated carbocycles. The molecule has 104 valence electrons. The maximum Gasteiger partial charge on any atom is 0.326 e. The Morgan fingerprint density at radius 1 is 1.42 bits per heavy atom. The molecule has 1 aliphatic carbocycles. The van der Waals surface area contributed by atoms with Crippen molar-refractivity contribution in [2.75, 3.05) is 0 Å². The number of hydrogen-bond acceptors (Lipinski definition) is 2. The van der Waals surface area contributed by atoms with E-state index in [4.69, 9.17) is 5.11 Å². The van der Waals surface area contributed by atoms with Crippen LogP contribution in [0.4, 0.5) is 0 Å². The average Bonchev–Trinajstić information content (AvgIpc) is 2.71. The van der Waals surface area contributed by atoms with Crippen LogP contribution in [0.2, 0.25) is 0 Å². The van der Waals surface area contributed by atoms with Gasteiger partial charge in [0.25, 0.3) is 5.91 Å². The van der Waals surface area contributed by atoms with Crippen LogP contribution in [0, 0.1) is 5.92 Å². The Morgan fingerprint density at radius 3 is 2.58 bits per heavy atom. The number of nitrogens with one attached hydrogen (secondary N) is 1. The van der Waals surface area contributed by atoms with Crippen LogP contribution >= 0.6 is 0 Å². The van der Waals surface area contributed by atoms with E-state index in [1.807, 2.05) is 16.8 Å². The smallest absolute Gasteiger partial charge is 0.326 e. The Balaban J connectivity index is 2.11. The zero-order chi connectivity index (χ0) is 14.0. The molecule has 19 heavy (non-hydrogen) atoms. The number of carbonyl (C=O) groups excluding carboxylic acids is 1. The van der Waals surface area contributed by atoms with Crippen molar-refractivity contribution in [3.05, 3.63) is 24.0 Å². The van der Waals surface area contributed by atoms with Crippen LogP contribution in [-0.4, -0.2) is 27.6 Å². The van der Waals surface area contributed by atoms with Gasteiger partial charge in [-0.3, -0.25) is 4.79 Å². The van der Waals surface area contributed by atoms with Gasteiger partial charge in [-0.25, -0.2) is 4.79 Å². The molecule has 0 saturated heterocycles. The molecule has 0 spiro atoms. The van der Waals surface area contributed by atoms with Crippen molar-refractivity contribution < 1.29 is 14.7 Å². The number of nitrogens with zero attached hydrogens (tertiary/aromatic N) is 1. The van der Waals surface area contributed by atoms with E-state index in [9.17, 15) is 9.59 Å². The van der Waals surface area contributed by atoms with E-state index in [0.29, 0.717) is 11.7 Å². The van der Waals surface area contributed by atoms with E-state index in [1.54, 1.807) is 19.9 Å². The highest BCUT2D eigenvalue weighted by Gasteiger charge is 2.27. The highest BCUT2D eigenvalue weighted by Crippen LogP contribution is 2.32. The molecule has 1 heterocycles. The number of carbonyl (C=O) groups is 2. The lowest BCUT2D eigenvalue weighted by atomic mass is 9.93. The summed E-state index contributed by atoms with van der Waals surface area (Å²) in [6, 6.07) is 3.11. The minimum Gasteiger partial charge on any atom is -0.480 e. The van der Waals surface area contributed by atoms with Gasteiger partial charge in [0.15, 0.2) is 0 Å². The van der Waals surface area contributed by atoms with Gasteiger partial charge in [0, 0.05) is 12.2 Å². The number of carboxylic acid groups (broad SMARTS) is 1. The molecule has 2 rings (SSSR count). The van der Waals surface area contributed by atoms with Gasteiger partial charge in [-0.15, -0.1) is 0 Å². The maximum atomic E-state index is 12.2. The summed E-state index contributed by atoms with van der Waals surface area (Å²) in [5.74, 6) is -1.45. The monoisotopic (exact) mass is 264 g/mol. The first kappa shape index (κ1) is 13.6. The largest absolute Gasteiger partial charge is 0.480 e. The van der Waals surface area contributed by atoms with Gasteiger partial charge in [-0.05, 0) is 37.3 Å². The molecule has 1 fully saturated rings. The third-order valence-electron chi connectivity index (χ3n) is 3.70. The third-order valence-corrected chi connectivity index (χ3v) is 3.70. The SMILES string of the molecule is CC(C)C(NC(=O)c1cccn1C1CCC1)C(=O)O. The molecule has 2 N–H and O–H groups in total. The minimum absolute atomic E-state index is 0.145. The van der Waals surface area contributed by atoms with Gasteiger partial charge in [-0.1, -0.05) is 13.8 Å². The Labute approximate surface area is 112 Å². The summed E-state index contributed by atoms with van der Waals surface area (Å²) in [6.45, 7) is 3.56. The summed E-state index contributed by atoms with van der Waals surface area (Å²) in [5, 5.41) is 11.7. The molecule has 5 nitrogen and oxygen atoms in total. The van der Waals surface area contributed by atoms with Crippen LogP contribution in [0.25, 0.3) is 0 Å². The Morgan fingerprint density at radius 2 is 2.11 bits per heavy atom. The van der Waals surface area contributed by atoms with Crippen molar-refractivity contribution in [1.29, 1.82) is 0 Å². The van der Waals surface area contributed by atoms with Crippen molar-refractivity contribution in [2.24, 2.45) is 5.92 Å². The predicted molar refractivity (Wildman–Crippen MR) is 71.0 cm³/mol. The Hall–Kier alpha value is -1.78. The molecule has 1 amide bonds. The standard InChI is InChI=1S/C14H20N2O3/c1-9(2)12(14(18)19)15-13(17)11-7-4-8-16(11)10-5-3-6-10/h4,7-10,12H,3,5-6H2,1-2H3,(H,15,17)(H,18,19). The van der Waals surface area contributed by atoms with Crippen molar-refractivity contribution in [2.45, 2.75) is 45.2 Å². The Bertz CT molecular complexity index is 475. The quantitative estimate of drug-likeness (QED) is 0.855. The lowest BCUT2D eigenvalue weighted by Crippen LogP contribution is -2.45. The van der Waals surface area contributed by atoms with Gasteiger partial charge in [0.2, 0.25) is 0 Å². The van der Waals surface area contributed by atoms with E-state index >= 15 is 0 Å². The van der Waals surface area contributed by atoms with E-state index in [1.165, 1.54) is 6.42 Å². The normalized spacial score (nSPS) is 17.0. The molecule has 1 aromatic rings. The zero-order valence-electron chi connectivity index (χ0n) is 11.3. The number of rotatable bonds is 5. The first-order valence-electron chi connectivity index (χ1n) is 6.71. The van der Waals surface area contributed by atoms with E-state index in [2.05, 4.69) is 5.32 Å². The van der Waals surface area contributed by atoms with Crippen molar-refractivity contribution in [1.82, 2.24) is 9.88 Å². The highest BCUT2D eigenvalue weighted by molar-refractivity contribution is 5.95. The first-order chi connectivity index (χ1) is 9.00. The molecule has 1 atom stereocenters. The lowest BCUT2D eigenvalue weighted by Gasteiger charge is -2.29. The van der Waals surface area contributed by atoms with E-state index in [-0.39, 0.29) is 11.8 Å². The minimum atomic E-state index is -0.995. The fourth-order valence-electron chi connectivity index (χ4n) is 2.30. The van der Waals surface area contributed by atoms with Gasteiger partial charge in [0.05, 0.1) is 0 Å². The lowest BCUT2D eigenvalue weighted by molar-refractivity contribution is -0.140. The van der Waals surface area contributed by atoms with Crippen molar-refractivity contribution in [3.8, 4) is 0 Å². The van der Waals surface area contributed by atoms with Gasteiger partial charge < -0.3 is 15.0 Å². The molecule has 1 aliphatic rings. The molecule has 5 heteroatoms. The average molecular weight is 264 g/mol. The molecule has 1 aromatic heterocycles. The van der Waals surface area contributed by atoms with Crippen LogP contribution in [0.1, 0.15) is 49.6 Å². The summed E-state index contributed by atoms with van der Waals surface area (Å²) in [5.41, 5.74) is 0.552. The molecule has 0 radical (unpaired) electrons. The number of aromatic nitrogens is 1. The van der Waals surface area contributed by atoms with Crippen molar-refractivity contribution in [3.63, 3.8) is 0 Å². The summed E-state index contributed by atoms with van der Waals surface area (Å²) in [6.07, 6.45) is 5.25. The van der Waals surface area contributed by atoms with Crippen LogP contribution < -0.4 is 5.32 Å². The summed E-state index contributed by atoms with van der Waals surface area (Å²) in [7, 11) is 0. The predicted octanol–water partition coefficient (Wildman–Crippen LogP) is 2.05. The summed E-state index contributed by atoms with van der Waals surface area (Å²) in [4.78, 5) is 23.3. The van der Waals surface area contributed by atoms with Crippen molar-refractivity contribution >= 4 is 11.9 Å². The number of carboxylic acids is 1. The molecule has 0 aromatic carbocycles. The number of amides is 1. The van der Waals surface area contributed by atoms with Crippen LogP contribution in [-0.2, 0) is 4.79 Å². The van der Waals surface area contributed by atoms with Crippen LogP contribution in [0.5, 0.6) is 0 Å². The molecular weight excluding hydrogens is 244 g/mol. The van der Waals surface area contributed by atoms with E-state index < -0.39 is 12.0 Å². The Kier molecular flexibility index (Phi) is 3.93. The summed E-state index contributed by atoms with van der Waals surface area (Å²) >= 11 is 0. The van der Waals surface area contributed by atoms with Gasteiger partial charge in [-0.2, -0.15) is 0 Å². The molecule has 1 unspecified atom stereocenters. The second kappa shape index (κ2) is 5.47. The fraction of sp³-hybridized carbons (Fsp3) is 0.571. The van der Waals surface area contributed by atoms with E-state index in [0.717, 1.165) is 12.8 Å². The zero-order valence-corrected chi connectivity index (χ0v) is 11.3. The topological polar surface area (TPSA) is 71.3 Å². The third kappa shape index (κ3) is 2.80. The molecule has 0 bridgehead atoms. The number of aliphatic carboxylic acids is 1. The van der Waals surface area contributed by atoms with Gasteiger partial charge >= 0.3 is 5.97 Å². The number of hydrogen-bond donors (Lipinski definition) is 2. The van der Waals surface area contributed by atoms with Crippen LogP contribution in [0.3, 0.4) is 0 Å².